The van der Waals surface area contributed by atoms with Crippen molar-refractivity contribution in [1.29, 1.82) is 0 Å². The molecule has 1 atom stereocenters. The summed E-state index contributed by atoms with van der Waals surface area (Å²) in [5.41, 5.74) is 6.94. The highest BCUT2D eigenvalue weighted by molar-refractivity contribution is 5.29. The van der Waals surface area contributed by atoms with Crippen molar-refractivity contribution >= 4 is 0 Å². The van der Waals surface area contributed by atoms with Crippen LogP contribution >= 0.6 is 0 Å². The van der Waals surface area contributed by atoms with E-state index in [-0.39, 0.29) is 12.6 Å². The fourth-order valence-corrected chi connectivity index (χ4v) is 1.69. The maximum absolute atomic E-state index is 8.83. The molecule has 0 radical (unpaired) electrons. The molecule has 1 aromatic carbocycles. The van der Waals surface area contributed by atoms with E-state index in [2.05, 4.69) is 19.0 Å². The van der Waals surface area contributed by atoms with Crippen molar-refractivity contribution < 1.29 is 9.84 Å². The average Bonchev–Trinajstić information content (AvgIpc) is 2.35. The lowest BCUT2D eigenvalue weighted by Gasteiger charge is -2.12. The zero-order valence-corrected chi connectivity index (χ0v) is 11.3. The normalized spacial score (nSPS) is 12.7. The van der Waals surface area contributed by atoms with E-state index in [0.717, 1.165) is 30.9 Å². The van der Waals surface area contributed by atoms with Crippen LogP contribution in [-0.2, 0) is 0 Å². The molecule has 4 nitrogen and oxygen atoms in total. The van der Waals surface area contributed by atoms with Gasteiger partial charge in [-0.25, -0.2) is 0 Å². The Morgan fingerprint density at radius 1 is 1.28 bits per heavy atom. The summed E-state index contributed by atoms with van der Waals surface area (Å²) < 4.78 is 5.63. The monoisotopic (exact) mass is 252 g/mol. The predicted octanol–water partition coefficient (Wildman–Crippen LogP) is 1.40. The molecule has 0 amide bonds. The number of ether oxygens (including phenoxy) is 1. The standard InChI is InChI=1S/C14H24N2O2/c1-16(2)9-3-11-18-13-6-4-12(5-7-13)14(15)8-10-17/h4-7,14,17H,3,8-11,15H2,1-2H3. The Bertz CT molecular complexity index is 325. The summed E-state index contributed by atoms with van der Waals surface area (Å²) in [6, 6.07) is 7.69. The van der Waals surface area contributed by atoms with Crippen molar-refractivity contribution in [3.05, 3.63) is 29.8 Å². The van der Waals surface area contributed by atoms with Crippen LogP contribution in [0.3, 0.4) is 0 Å². The summed E-state index contributed by atoms with van der Waals surface area (Å²) in [5.74, 6) is 0.869. The van der Waals surface area contributed by atoms with Crippen LogP contribution in [0.5, 0.6) is 5.75 Å². The van der Waals surface area contributed by atoms with Gasteiger partial charge in [-0.3, -0.25) is 0 Å². The van der Waals surface area contributed by atoms with E-state index in [1.54, 1.807) is 0 Å². The lowest BCUT2D eigenvalue weighted by molar-refractivity contribution is 0.276. The molecule has 4 heteroatoms. The summed E-state index contributed by atoms with van der Waals surface area (Å²) in [7, 11) is 4.11. The van der Waals surface area contributed by atoms with Crippen molar-refractivity contribution in [2.75, 3.05) is 33.9 Å². The zero-order valence-electron chi connectivity index (χ0n) is 11.3. The van der Waals surface area contributed by atoms with Crippen molar-refractivity contribution in [1.82, 2.24) is 4.90 Å². The molecule has 3 N–H and O–H groups in total. The molecule has 1 unspecified atom stereocenters. The number of benzene rings is 1. The van der Waals surface area contributed by atoms with Crippen LogP contribution in [-0.4, -0.2) is 43.9 Å². The van der Waals surface area contributed by atoms with E-state index in [1.165, 1.54) is 0 Å². The van der Waals surface area contributed by atoms with E-state index >= 15 is 0 Å². The third-order valence-corrected chi connectivity index (χ3v) is 2.77. The first kappa shape index (κ1) is 15.0. The third kappa shape index (κ3) is 5.49. The van der Waals surface area contributed by atoms with Crippen molar-refractivity contribution in [3.8, 4) is 5.75 Å². The lowest BCUT2D eigenvalue weighted by atomic mass is 10.1. The molecule has 0 fully saturated rings. The Balaban J connectivity index is 2.36. The van der Waals surface area contributed by atoms with E-state index < -0.39 is 0 Å². The molecule has 0 heterocycles. The largest absolute Gasteiger partial charge is 0.494 e. The molecule has 0 spiro atoms. The van der Waals surface area contributed by atoms with Crippen molar-refractivity contribution in [2.45, 2.75) is 18.9 Å². The maximum atomic E-state index is 8.83. The minimum absolute atomic E-state index is 0.0993. The lowest BCUT2D eigenvalue weighted by Crippen LogP contribution is -2.15. The topological polar surface area (TPSA) is 58.7 Å². The molecule has 0 saturated heterocycles. The molecule has 18 heavy (non-hydrogen) atoms. The minimum Gasteiger partial charge on any atom is -0.494 e. The highest BCUT2D eigenvalue weighted by Crippen LogP contribution is 2.18. The van der Waals surface area contributed by atoms with Gasteiger partial charge in [-0.1, -0.05) is 12.1 Å². The second-order valence-corrected chi connectivity index (χ2v) is 4.69. The first-order valence-electron chi connectivity index (χ1n) is 6.37. The number of nitrogens with zero attached hydrogens (tertiary/aromatic N) is 1. The summed E-state index contributed by atoms with van der Waals surface area (Å²) in [6.07, 6.45) is 1.60. The Kier molecular flexibility index (Phi) is 6.72. The molecule has 1 rings (SSSR count). The zero-order chi connectivity index (χ0) is 13.4. The first-order valence-corrected chi connectivity index (χ1v) is 6.37. The Labute approximate surface area is 109 Å². The number of rotatable bonds is 8. The van der Waals surface area contributed by atoms with Crippen molar-refractivity contribution in [2.24, 2.45) is 5.73 Å². The molecular weight excluding hydrogens is 228 g/mol. The second-order valence-electron chi connectivity index (χ2n) is 4.69. The van der Waals surface area contributed by atoms with Crippen LogP contribution in [0.4, 0.5) is 0 Å². The summed E-state index contributed by atoms with van der Waals surface area (Å²) in [4.78, 5) is 2.14. The van der Waals surface area contributed by atoms with Crippen LogP contribution in [0.1, 0.15) is 24.4 Å². The molecule has 0 saturated carbocycles. The van der Waals surface area contributed by atoms with Gasteiger partial charge in [0.1, 0.15) is 5.75 Å². The van der Waals surface area contributed by atoms with Crippen LogP contribution < -0.4 is 10.5 Å². The smallest absolute Gasteiger partial charge is 0.119 e. The van der Waals surface area contributed by atoms with E-state index in [0.29, 0.717) is 6.42 Å². The second kappa shape index (κ2) is 8.08. The average molecular weight is 252 g/mol. The molecule has 0 aliphatic carbocycles. The van der Waals surface area contributed by atoms with Crippen LogP contribution in [0.25, 0.3) is 0 Å². The Morgan fingerprint density at radius 2 is 1.94 bits per heavy atom. The maximum Gasteiger partial charge on any atom is 0.119 e. The summed E-state index contributed by atoms with van der Waals surface area (Å²) in [6.45, 7) is 1.86. The number of hydrogen-bond donors (Lipinski definition) is 2. The first-order chi connectivity index (χ1) is 8.63. The highest BCUT2D eigenvalue weighted by Gasteiger charge is 2.04. The van der Waals surface area contributed by atoms with Crippen molar-refractivity contribution in [3.63, 3.8) is 0 Å². The van der Waals surface area contributed by atoms with Gasteiger partial charge in [0.25, 0.3) is 0 Å². The SMILES string of the molecule is CN(C)CCCOc1ccc(C(N)CCO)cc1. The quantitative estimate of drug-likeness (QED) is 0.687. The molecule has 0 aromatic heterocycles. The molecule has 0 bridgehead atoms. The van der Waals surface area contributed by atoms with Gasteiger partial charge in [0.2, 0.25) is 0 Å². The van der Waals surface area contributed by atoms with E-state index in [4.69, 9.17) is 15.6 Å². The summed E-state index contributed by atoms with van der Waals surface area (Å²) >= 11 is 0. The number of nitrogens with two attached hydrogens (primary N) is 1. The van der Waals surface area contributed by atoms with Gasteiger partial charge < -0.3 is 20.5 Å². The van der Waals surface area contributed by atoms with Gasteiger partial charge in [0.15, 0.2) is 0 Å². The number of aliphatic hydroxyl groups is 1. The molecule has 0 aliphatic rings. The van der Waals surface area contributed by atoms with Crippen LogP contribution in [0, 0.1) is 0 Å². The van der Waals surface area contributed by atoms with Gasteiger partial charge in [0.05, 0.1) is 6.61 Å². The fraction of sp³-hybridized carbons (Fsp3) is 0.571. The van der Waals surface area contributed by atoms with Crippen LogP contribution in [0.2, 0.25) is 0 Å². The number of aliphatic hydroxyl groups excluding tert-OH is 1. The Morgan fingerprint density at radius 3 is 2.50 bits per heavy atom. The molecule has 102 valence electrons. The molecule has 0 aliphatic heterocycles. The van der Waals surface area contributed by atoms with Gasteiger partial charge in [0, 0.05) is 19.2 Å². The van der Waals surface area contributed by atoms with E-state index in [1.807, 2.05) is 24.3 Å². The van der Waals surface area contributed by atoms with Gasteiger partial charge in [-0.15, -0.1) is 0 Å². The van der Waals surface area contributed by atoms with Gasteiger partial charge >= 0.3 is 0 Å². The fourth-order valence-electron chi connectivity index (χ4n) is 1.69. The molecule has 1 aromatic rings. The highest BCUT2D eigenvalue weighted by atomic mass is 16.5. The summed E-state index contributed by atoms with van der Waals surface area (Å²) in [5, 5.41) is 8.83. The van der Waals surface area contributed by atoms with Crippen LogP contribution in [0.15, 0.2) is 24.3 Å². The van der Waals surface area contributed by atoms with Gasteiger partial charge in [-0.05, 0) is 44.6 Å². The Hall–Kier alpha value is -1.10. The molecular formula is C14H24N2O2. The third-order valence-electron chi connectivity index (χ3n) is 2.77. The minimum atomic E-state index is -0.0993. The van der Waals surface area contributed by atoms with E-state index in [9.17, 15) is 0 Å². The van der Waals surface area contributed by atoms with Gasteiger partial charge in [-0.2, -0.15) is 0 Å². The predicted molar refractivity (Wildman–Crippen MR) is 73.7 cm³/mol. The number of hydrogen-bond acceptors (Lipinski definition) is 4.